The third-order valence-corrected chi connectivity index (χ3v) is 4.68. The third kappa shape index (κ3) is 2.81. The molecule has 3 rings (SSSR count). The SMILES string of the molecule is CC1CCN(Cc2cc(Br)cc3c2OCC3)CC1O. The van der Waals surface area contributed by atoms with Gasteiger partial charge in [0.25, 0.3) is 0 Å². The van der Waals surface area contributed by atoms with Gasteiger partial charge in [0.1, 0.15) is 5.75 Å². The van der Waals surface area contributed by atoms with E-state index in [2.05, 4.69) is 39.9 Å². The fourth-order valence-electron chi connectivity index (χ4n) is 2.96. The van der Waals surface area contributed by atoms with Crippen LogP contribution in [0.1, 0.15) is 24.5 Å². The molecule has 19 heavy (non-hydrogen) atoms. The number of aliphatic hydroxyl groups excluding tert-OH is 1. The van der Waals surface area contributed by atoms with Gasteiger partial charge in [0, 0.05) is 29.5 Å². The first-order valence-corrected chi connectivity index (χ1v) is 7.77. The van der Waals surface area contributed by atoms with Crippen molar-refractivity contribution in [3.05, 3.63) is 27.7 Å². The third-order valence-electron chi connectivity index (χ3n) is 4.22. The molecule has 1 saturated heterocycles. The zero-order chi connectivity index (χ0) is 13.4. The molecule has 0 amide bonds. The Morgan fingerprint density at radius 1 is 1.47 bits per heavy atom. The molecule has 0 saturated carbocycles. The van der Waals surface area contributed by atoms with Gasteiger partial charge in [-0.2, -0.15) is 0 Å². The number of rotatable bonds is 2. The van der Waals surface area contributed by atoms with Crippen molar-refractivity contribution < 1.29 is 9.84 Å². The highest BCUT2D eigenvalue weighted by molar-refractivity contribution is 9.10. The molecule has 3 nitrogen and oxygen atoms in total. The van der Waals surface area contributed by atoms with Gasteiger partial charge >= 0.3 is 0 Å². The van der Waals surface area contributed by atoms with Crippen molar-refractivity contribution in [2.75, 3.05) is 19.7 Å². The summed E-state index contributed by atoms with van der Waals surface area (Å²) in [7, 11) is 0. The molecule has 1 N–H and O–H groups in total. The van der Waals surface area contributed by atoms with E-state index in [0.29, 0.717) is 5.92 Å². The minimum atomic E-state index is -0.199. The summed E-state index contributed by atoms with van der Waals surface area (Å²) in [5, 5.41) is 9.99. The van der Waals surface area contributed by atoms with Crippen LogP contribution in [0.4, 0.5) is 0 Å². The quantitative estimate of drug-likeness (QED) is 0.907. The average molecular weight is 326 g/mol. The molecule has 1 aromatic rings. The highest BCUT2D eigenvalue weighted by Gasteiger charge is 2.26. The van der Waals surface area contributed by atoms with Crippen LogP contribution in [-0.4, -0.2) is 35.8 Å². The van der Waals surface area contributed by atoms with E-state index in [1.165, 1.54) is 11.1 Å². The zero-order valence-corrected chi connectivity index (χ0v) is 12.8. The number of aliphatic hydroxyl groups is 1. The monoisotopic (exact) mass is 325 g/mol. The van der Waals surface area contributed by atoms with Crippen molar-refractivity contribution in [3.63, 3.8) is 0 Å². The smallest absolute Gasteiger partial charge is 0.127 e. The number of ether oxygens (including phenoxy) is 1. The van der Waals surface area contributed by atoms with Crippen molar-refractivity contribution in [2.24, 2.45) is 5.92 Å². The number of piperidine rings is 1. The van der Waals surface area contributed by atoms with Crippen molar-refractivity contribution in [1.82, 2.24) is 4.90 Å². The number of likely N-dealkylation sites (tertiary alicyclic amines) is 1. The van der Waals surface area contributed by atoms with Crippen LogP contribution >= 0.6 is 15.9 Å². The van der Waals surface area contributed by atoms with E-state index in [0.717, 1.165) is 49.3 Å². The highest BCUT2D eigenvalue weighted by Crippen LogP contribution is 2.34. The number of benzene rings is 1. The summed E-state index contributed by atoms with van der Waals surface area (Å²) in [6, 6.07) is 4.30. The Hall–Kier alpha value is -0.580. The Balaban J connectivity index is 1.77. The summed E-state index contributed by atoms with van der Waals surface area (Å²) in [4.78, 5) is 2.33. The number of hydrogen-bond acceptors (Lipinski definition) is 3. The van der Waals surface area contributed by atoms with Gasteiger partial charge in [-0.05, 0) is 36.6 Å². The van der Waals surface area contributed by atoms with E-state index in [9.17, 15) is 5.11 Å². The van der Waals surface area contributed by atoms with Crippen molar-refractivity contribution in [2.45, 2.75) is 32.4 Å². The predicted molar refractivity (Wildman–Crippen MR) is 78.4 cm³/mol. The molecule has 1 fully saturated rings. The molecule has 0 aromatic heterocycles. The lowest BCUT2D eigenvalue weighted by molar-refractivity contribution is 0.0256. The summed E-state index contributed by atoms with van der Waals surface area (Å²) in [5.41, 5.74) is 2.54. The first-order chi connectivity index (χ1) is 9.13. The number of fused-ring (bicyclic) bond motifs is 1. The van der Waals surface area contributed by atoms with Gasteiger partial charge in [0.05, 0.1) is 12.7 Å². The zero-order valence-electron chi connectivity index (χ0n) is 11.2. The van der Waals surface area contributed by atoms with Gasteiger partial charge in [-0.15, -0.1) is 0 Å². The maximum atomic E-state index is 9.99. The van der Waals surface area contributed by atoms with Gasteiger partial charge in [-0.1, -0.05) is 22.9 Å². The molecular formula is C15H20BrNO2. The van der Waals surface area contributed by atoms with Crippen LogP contribution in [0.2, 0.25) is 0 Å². The fourth-order valence-corrected chi connectivity index (χ4v) is 3.52. The van der Waals surface area contributed by atoms with E-state index in [4.69, 9.17) is 4.74 Å². The molecule has 2 atom stereocenters. The van der Waals surface area contributed by atoms with Crippen LogP contribution in [0.5, 0.6) is 5.75 Å². The second-order valence-electron chi connectivity index (χ2n) is 5.72. The van der Waals surface area contributed by atoms with Crippen LogP contribution in [0.15, 0.2) is 16.6 Å². The summed E-state index contributed by atoms with van der Waals surface area (Å²) < 4.78 is 6.89. The topological polar surface area (TPSA) is 32.7 Å². The number of halogens is 1. The molecule has 0 spiro atoms. The second-order valence-corrected chi connectivity index (χ2v) is 6.64. The lowest BCUT2D eigenvalue weighted by atomic mass is 9.95. The molecule has 2 aliphatic heterocycles. The Morgan fingerprint density at radius 3 is 3.11 bits per heavy atom. The lowest BCUT2D eigenvalue weighted by Crippen LogP contribution is -2.42. The minimum absolute atomic E-state index is 0.199. The van der Waals surface area contributed by atoms with E-state index >= 15 is 0 Å². The average Bonchev–Trinajstić information content (AvgIpc) is 2.82. The molecule has 4 heteroatoms. The van der Waals surface area contributed by atoms with Gasteiger partial charge in [0.15, 0.2) is 0 Å². The fraction of sp³-hybridized carbons (Fsp3) is 0.600. The van der Waals surface area contributed by atoms with Crippen LogP contribution in [0, 0.1) is 5.92 Å². The molecular weight excluding hydrogens is 306 g/mol. The molecule has 1 aromatic carbocycles. The van der Waals surface area contributed by atoms with Crippen molar-refractivity contribution >= 4 is 15.9 Å². The van der Waals surface area contributed by atoms with Crippen LogP contribution in [-0.2, 0) is 13.0 Å². The molecule has 2 unspecified atom stereocenters. The second kappa shape index (κ2) is 5.43. The Bertz CT molecular complexity index is 477. The maximum Gasteiger partial charge on any atom is 0.127 e. The number of nitrogens with zero attached hydrogens (tertiary/aromatic N) is 1. The summed E-state index contributed by atoms with van der Waals surface area (Å²) in [5.74, 6) is 1.48. The minimum Gasteiger partial charge on any atom is -0.493 e. The summed E-state index contributed by atoms with van der Waals surface area (Å²) >= 11 is 3.58. The highest BCUT2D eigenvalue weighted by atomic mass is 79.9. The van der Waals surface area contributed by atoms with E-state index < -0.39 is 0 Å². The summed E-state index contributed by atoms with van der Waals surface area (Å²) in [6.45, 7) is 5.61. The number of hydrogen-bond donors (Lipinski definition) is 1. The maximum absolute atomic E-state index is 9.99. The van der Waals surface area contributed by atoms with Crippen LogP contribution in [0.3, 0.4) is 0 Å². The molecule has 104 valence electrons. The molecule has 0 aliphatic carbocycles. The molecule has 0 radical (unpaired) electrons. The van der Waals surface area contributed by atoms with Gasteiger partial charge < -0.3 is 9.84 Å². The Kier molecular flexibility index (Phi) is 3.83. The lowest BCUT2D eigenvalue weighted by Gasteiger charge is -2.34. The standard InChI is InChI=1S/C15H20BrNO2/c1-10-2-4-17(9-14(10)18)8-12-7-13(16)6-11-3-5-19-15(11)12/h6-7,10,14,18H,2-5,8-9H2,1H3. The van der Waals surface area contributed by atoms with E-state index in [-0.39, 0.29) is 6.10 Å². The first-order valence-electron chi connectivity index (χ1n) is 6.98. The van der Waals surface area contributed by atoms with Crippen molar-refractivity contribution in [1.29, 1.82) is 0 Å². The predicted octanol–water partition coefficient (Wildman–Crippen LogP) is 2.59. The molecule has 0 bridgehead atoms. The normalized spacial score (nSPS) is 27.1. The molecule has 2 aliphatic rings. The van der Waals surface area contributed by atoms with E-state index in [1.807, 2.05) is 0 Å². The van der Waals surface area contributed by atoms with Gasteiger partial charge in [-0.3, -0.25) is 4.90 Å². The van der Waals surface area contributed by atoms with Gasteiger partial charge in [-0.25, -0.2) is 0 Å². The number of β-amino-alcohol motifs (C(OH)–C–C–N with tert-alkyl or cyclic N) is 1. The first kappa shape index (κ1) is 13.4. The Labute approximate surface area is 122 Å². The summed E-state index contributed by atoms with van der Waals surface area (Å²) in [6.07, 6.45) is 1.87. The Morgan fingerprint density at radius 2 is 2.32 bits per heavy atom. The van der Waals surface area contributed by atoms with Crippen LogP contribution in [0.25, 0.3) is 0 Å². The molecule has 2 heterocycles. The van der Waals surface area contributed by atoms with Gasteiger partial charge in [0.2, 0.25) is 0 Å². The van der Waals surface area contributed by atoms with Crippen LogP contribution < -0.4 is 4.74 Å². The largest absolute Gasteiger partial charge is 0.493 e. The van der Waals surface area contributed by atoms with Crippen molar-refractivity contribution in [3.8, 4) is 5.75 Å². The van der Waals surface area contributed by atoms with E-state index in [1.54, 1.807) is 0 Å².